The fourth-order valence-corrected chi connectivity index (χ4v) is 9.85. The normalized spacial score (nSPS) is 15.4. The van der Waals surface area contributed by atoms with Crippen LogP contribution in [-0.2, 0) is 19.2 Å². The smallest absolute Gasteiger partial charge is 0.303 e. The summed E-state index contributed by atoms with van der Waals surface area (Å²) >= 11 is 0. The Balaban J connectivity index is 0.000000182. The molecule has 4 fully saturated rings. The van der Waals surface area contributed by atoms with Crippen molar-refractivity contribution in [3.63, 3.8) is 0 Å². The maximum Gasteiger partial charge on any atom is 0.303 e. The number of aliphatic carboxylic acids is 3. The molecular formula is C55H74N16O9. The number of carboxylic acids is 3. The van der Waals surface area contributed by atoms with Crippen LogP contribution in [0.5, 0.6) is 0 Å². The number of carboxylic acid groups (broad SMARTS) is 3. The van der Waals surface area contributed by atoms with Crippen molar-refractivity contribution < 1.29 is 44.1 Å². The first kappa shape index (κ1) is 59.3. The Labute approximate surface area is 464 Å². The second kappa shape index (κ2) is 28.5. The molecule has 2 saturated carbocycles. The van der Waals surface area contributed by atoms with Crippen LogP contribution in [0.25, 0.3) is 22.1 Å². The highest BCUT2D eigenvalue weighted by Crippen LogP contribution is 2.36. The maximum absolute atomic E-state index is 12.9. The Morgan fingerprint density at radius 2 is 0.900 bits per heavy atom. The summed E-state index contributed by atoms with van der Waals surface area (Å²) < 4.78 is 4.25. The fourth-order valence-electron chi connectivity index (χ4n) is 9.85. The Morgan fingerprint density at radius 3 is 1.20 bits per heavy atom. The number of aromatic nitrogens is 8. The number of rotatable bonds is 16. The molecule has 6 aromatic heterocycles. The summed E-state index contributed by atoms with van der Waals surface area (Å²) in [5.74, 6) is -0.780. The van der Waals surface area contributed by atoms with Crippen LogP contribution in [0.15, 0.2) is 61.2 Å². The zero-order chi connectivity index (χ0) is 57.3. The van der Waals surface area contributed by atoms with Gasteiger partial charge in [-0.25, -0.2) is 19.9 Å². The van der Waals surface area contributed by atoms with Gasteiger partial charge in [0.15, 0.2) is 0 Å². The second-order valence-corrected chi connectivity index (χ2v) is 20.4. The van der Waals surface area contributed by atoms with Crippen LogP contribution < -0.4 is 31.1 Å². The monoisotopic (exact) mass is 1100 g/mol. The first-order valence-corrected chi connectivity index (χ1v) is 27.2. The zero-order valence-electron chi connectivity index (χ0n) is 46.2. The molecule has 0 atom stereocenters. The van der Waals surface area contributed by atoms with Gasteiger partial charge in [-0.2, -0.15) is 9.97 Å². The number of carbonyl (C=O) groups excluding carboxylic acids is 3. The number of piperazine rings is 2. The molecule has 0 unspecified atom stereocenters. The molecule has 4 aliphatic rings. The minimum Gasteiger partial charge on any atom is -0.481 e. The molecule has 2 aliphatic heterocycles. The van der Waals surface area contributed by atoms with Crippen molar-refractivity contribution in [1.82, 2.24) is 59.5 Å². The summed E-state index contributed by atoms with van der Waals surface area (Å²) in [7, 11) is 7.14. The van der Waals surface area contributed by atoms with E-state index >= 15 is 0 Å². The zero-order valence-corrected chi connectivity index (χ0v) is 46.2. The van der Waals surface area contributed by atoms with Crippen molar-refractivity contribution in [2.75, 3.05) is 101 Å². The van der Waals surface area contributed by atoms with Gasteiger partial charge in [0.25, 0.3) is 11.8 Å². The lowest BCUT2D eigenvalue weighted by Gasteiger charge is -2.29. The summed E-state index contributed by atoms with van der Waals surface area (Å²) in [5.41, 5.74) is 5.21. The number of ketones is 1. The largest absolute Gasteiger partial charge is 0.481 e. The van der Waals surface area contributed by atoms with Gasteiger partial charge in [0.1, 0.15) is 40.1 Å². The standard InChI is InChI=1S/2C23H30N8O.C5H8O3.C4H6O4/c2*1-29(2)22(32)19-13-16-14-26-23(28-21(16)31(19)17-5-3-4-6-17)27-20-8-7-18(15-25-20)30-11-9-24-10-12-30;1-4(6)2-3-5(7)8;5-3(6)1-2-4(7)8/h2*7-8,13-15,17,24H,3-6,9-12H2,1-2H3,(H,25,26,27,28);2-3H2,1H3,(H,7,8);1-2H2,(H,5,6)(H,7,8). The predicted octanol–water partition coefficient (Wildman–Crippen LogP) is 5.97. The highest BCUT2D eigenvalue weighted by molar-refractivity contribution is 5.99. The Morgan fingerprint density at radius 1 is 0.537 bits per heavy atom. The van der Waals surface area contributed by atoms with E-state index in [1.807, 2.05) is 36.7 Å². The van der Waals surface area contributed by atoms with Crippen LogP contribution in [0.1, 0.15) is 117 Å². The number of anilines is 6. The van der Waals surface area contributed by atoms with Gasteiger partial charge in [-0.3, -0.25) is 24.0 Å². The summed E-state index contributed by atoms with van der Waals surface area (Å²) in [6, 6.07) is 12.5. The van der Waals surface area contributed by atoms with Gasteiger partial charge in [-0.15, -0.1) is 0 Å². The third-order valence-electron chi connectivity index (χ3n) is 14.0. The SMILES string of the molecule is CC(=O)CCC(=O)O.CN(C)C(=O)c1cc2cnc(Nc3ccc(N4CCNCC4)cn3)nc2n1C1CCCC1.CN(C)C(=O)c1cc2cnc(Nc3ccc(N4CCNCC4)cn3)nc2n1C1CCCC1.O=C(O)CCC(=O)O. The first-order valence-electron chi connectivity index (χ1n) is 27.2. The number of hydrogen-bond acceptors (Lipinski definition) is 18. The van der Waals surface area contributed by atoms with Crippen LogP contribution >= 0.6 is 0 Å². The molecule has 0 bridgehead atoms. The summed E-state index contributed by atoms with van der Waals surface area (Å²) in [6.07, 6.45) is 15.9. The number of carbonyl (C=O) groups is 6. The Bertz CT molecular complexity index is 2830. The number of nitrogens with zero attached hydrogens (tertiary/aromatic N) is 12. The molecule has 25 heteroatoms. The van der Waals surface area contributed by atoms with Crippen molar-refractivity contribution in [3.05, 3.63) is 72.6 Å². The average Bonchev–Trinajstić information content (AvgIpc) is 4.32. The van der Waals surface area contributed by atoms with E-state index in [2.05, 4.69) is 72.3 Å². The highest BCUT2D eigenvalue weighted by Gasteiger charge is 2.28. The van der Waals surface area contributed by atoms with Gasteiger partial charge in [0, 0.05) is 122 Å². The number of Topliss-reactive ketones (excluding diaryl/α,β-unsaturated/α-hetero) is 1. The van der Waals surface area contributed by atoms with Crippen LogP contribution in [0.3, 0.4) is 0 Å². The lowest BCUT2D eigenvalue weighted by molar-refractivity contribution is -0.143. The molecule has 2 saturated heterocycles. The van der Waals surface area contributed by atoms with E-state index in [0.717, 1.165) is 111 Å². The maximum atomic E-state index is 12.9. The molecule has 0 spiro atoms. The van der Waals surface area contributed by atoms with E-state index in [-0.39, 0.29) is 43.3 Å². The third kappa shape index (κ3) is 16.4. The van der Waals surface area contributed by atoms with Gasteiger partial charge >= 0.3 is 17.9 Å². The van der Waals surface area contributed by atoms with Gasteiger partial charge < -0.3 is 70.1 Å². The van der Waals surface area contributed by atoms with E-state index in [1.165, 1.54) is 32.6 Å². The van der Waals surface area contributed by atoms with Gasteiger partial charge in [0.2, 0.25) is 11.9 Å². The molecule has 80 heavy (non-hydrogen) atoms. The van der Waals surface area contributed by atoms with Gasteiger partial charge in [0.05, 0.1) is 43.0 Å². The first-order chi connectivity index (χ1) is 38.4. The number of pyridine rings is 2. The molecule has 10 rings (SSSR count). The molecule has 6 aromatic rings. The lowest BCUT2D eigenvalue weighted by Crippen LogP contribution is -2.43. The minimum atomic E-state index is -1.08. The molecule has 7 N–H and O–H groups in total. The van der Waals surface area contributed by atoms with Crippen molar-refractivity contribution in [3.8, 4) is 0 Å². The number of fused-ring (bicyclic) bond motifs is 2. The second-order valence-electron chi connectivity index (χ2n) is 20.4. The highest BCUT2D eigenvalue weighted by atomic mass is 16.4. The predicted molar refractivity (Wildman–Crippen MR) is 303 cm³/mol. The van der Waals surface area contributed by atoms with Crippen LogP contribution in [0.4, 0.5) is 34.9 Å². The van der Waals surface area contributed by atoms with E-state index in [4.69, 9.17) is 25.3 Å². The van der Waals surface area contributed by atoms with E-state index in [1.54, 1.807) is 50.4 Å². The van der Waals surface area contributed by atoms with E-state index in [0.29, 0.717) is 47.0 Å². The number of amides is 2. The van der Waals surface area contributed by atoms with Crippen molar-refractivity contribution in [1.29, 1.82) is 0 Å². The lowest BCUT2D eigenvalue weighted by atomic mass is 10.2. The fraction of sp³-hybridized carbons (Fsp3) is 0.491. The molecule has 8 heterocycles. The summed E-state index contributed by atoms with van der Waals surface area (Å²) in [4.78, 5) is 100. The van der Waals surface area contributed by atoms with Crippen molar-refractivity contribution in [2.24, 2.45) is 0 Å². The molecule has 0 radical (unpaired) electrons. The Hall–Kier alpha value is -8.32. The average molecular weight is 1100 g/mol. The molecule has 2 aliphatic carbocycles. The van der Waals surface area contributed by atoms with Gasteiger partial charge in [-0.1, -0.05) is 25.7 Å². The quantitative estimate of drug-likeness (QED) is 0.0587. The summed E-state index contributed by atoms with van der Waals surface area (Å²) in [6.45, 7) is 9.30. The van der Waals surface area contributed by atoms with Gasteiger partial charge in [-0.05, 0) is 69.0 Å². The molecule has 2 amide bonds. The molecule has 0 aromatic carbocycles. The number of hydrogen-bond donors (Lipinski definition) is 7. The molecular weight excluding hydrogens is 1030 g/mol. The van der Waals surface area contributed by atoms with Crippen LogP contribution in [-0.4, -0.2) is 180 Å². The Kier molecular flexibility index (Phi) is 21.2. The van der Waals surface area contributed by atoms with E-state index in [9.17, 15) is 28.8 Å². The topological polar surface area (TPSA) is 311 Å². The van der Waals surface area contributed by atoms with Crippen molar-refractivity contribution in [2.45, 2.75) is 96.1 Å². The molecule has 25 nitrogen and oxygen atoms in total. The molecule has 428 valence electrons. The summed E-state index contributed by atoms with van der Waals surface area (Å²) in [5, 5.41) is 38.8. The third-order valence-corrected chi connectivity index (χ3v) is 14.0. The van der Waals surface area contributed by atoms with Crippen LogP contribution in [0.2, 0.25) is 0 Å². The number of nitrogens with one attached hydrogen (secondary N) is 4. The minimum absolute atomic E-state index is 0.00502. The van der Waals surface area contributed by atoms with E-state index < -0.39 is 17.9 Å². The van der Waals surface area contributed by atoms with Crippen molar-refractivity contribution >= 4 is 92.5 Å². The van der Waals surface area contributed by atoms with Crippen LogP contribution in [0, 0.1) is 0 Å².